The number of nitrogens with zero attached hydrogens (tertiary/aromatic N) is 4. The van der Waals surface area contributed by atoms with Gasteiger partial charge in [-0.15, -0.1) is 0 Å². The zero-order valence-corrected chi connectivity index (χ0v) is 11.0. The topological polar surface area (TPSA) is 60.0 Å². The van der Waals surface area contributed by atoms with E-state index in [-0.39, 0.29) is 6.04 Å². The van der Waals surface area contributed by atoms with Crippen molar-refractivity contribution in [1.29, 1.82) is 0 Å². The molecule has 2 aromatic heterocycles. The quantitative estimate of drug-likeness (QED) is 0.886. The maximum Gasteiger partial charge on any atom is 0.133 e. The summed E-state index contributed by atoms with van der Waals surface area (Å²) in [5, 5.41) is 4.17. The second kappa shape index (κ2) is 5.18. The Morgan fingerprint density at radius 3 is 2.89 bits per heavy atom. The highest BCUT2D eigenvalue weighted by atomic mass is 15.2. The van der Waals surface area contributed by atoms with Gasteiger partial charge in [0.15, 0.2) is 0 Å². The van der Waals surface area contributed by atoms with Crippen molar-refractivity contribution in [3.05, 3.63) is 41.9 Å². The van der Waals surface area contributed by atoms with Crippen molar-refractivity contribution in [2.45, 2.75) is 19.5 Å². The monoisotopic (exact) mass is 245 g/mol. The molecule has 5 heteroatoms. The summed E-state index contributed by atoms with van der Waals surface area (Å²) in [6.07, 6.45) is 5.66. The number of anilines is 1. The van der Waals surface area contributed by atoms with Crippen LogP contribution in [0, 0.1) is 0 Å². The fourth-order valence-corrected chi connectivity index (χ4v) is 1.99. The highest BCUT2D eigenvalue weighted by molar-refractivity contribution is 5.47. The van der Waals surface area contributed by atoms with Crippen LogP contribution < -0.4 is 10.6 Å². The van der Waals surface area contributed by atoms with Gasteiger partial charge in [0.2, 0.25) is 0 Å². The smallest absolute Gasteiger partial charge is 0.133 e. The molecule has 2 heterocycles. The Morgan fingerprint density at radius 1 is 1.50 bits per heavy atom. The minimum atomic E-state index is -0.0231. The molecule has 0 aromatic carbocycles. The molecule has 1 atom stereocenters. The van der Waals surface area contributed by atoms with E-state index in [0.717, 1.165) is 23.5 Å². The van der Waals surface area contributed by atoms with Crippen molar-refractivity contribution in [1.82, 2.24) is 14.8 Å². The lowest BCUT2D eigenvalue weighted by molar-refractivity contribution is 0.765. The maximum absolute atomic E-state index is 5.97. The molecule has 0 unspecified atom stereocenters. The predicted octanol–water partition coefficient (Wildman–Crippen LogP) is 1.47. The van der Waals surface area contributed by atoms with Crippen molar-refractivity contribution in [2.75, 3.05) is 11.9 Å². The summed E-state index contributed by atoms with van der Waals surface area (Å²) < 4.78 is 1.80. The molecule has 2 aromatic rings. The Hall–Kier alpha value is -1.88. The lowest BCUT2D eigenvalue weighted by Gasteiger charge is -2.21. The summed E-state index contributed by atoms with van der Waals surface area (Å²) in [6.45, 7) is 2.74. The zero-order valence-electron chi connectivity index (χ0n) is 11.0. The number of hydrogen-bond acceptors (Lipinski definition) is 4. The van der Waals surface area contributed by atoms with Gasteiger partial charge < -0.3 is 10.6 Å². The van der Waals surface area contributed by atoms with Crippen LogP contribution in [-0.4, -0.2) is 21.8 Å². The van der Waals surface area contributed by atoms with Crippen LogP contribution >= 0.6 is 0 Å². The van der Waals surface area contributed by atoms with E-state index in [1.807, 2.05) is 45.5 Å². The SMILES string of the molecule is C[C@@H](N)c1cccnc1N(C)Cc1cnn(C)c1. The Bertz CT molecular complexity index is 518. The summed E-state index contributed by atoms with van der Waals surface area (Å²) in [4.78, 5) is 6.51. The second-order valence-electron chi connectivity index (χ2n) is 4.58. The molecule has 18 heavy (non-hydrogen) atoms. The first kappa shape index (κ1) is 12.6. The molecule has 0 saturated heterocycles. The fraction of sp³-hybridized carbons (Fsp3) is 0.385. The number of hydrogen-bond donors (Lipinski definition) is 1. The van der Waals surface area contributed by atoms with Gasteiger partial charge in [-0.05, 0) is 13.0 Å². The van der Waals surface area contributed by atoms with Crippen molar-refractivity contribution < 1.29 is 0 Å². The highest BCUT2D eigenvalue weighted by Gasteiger charge is 2.12. The number of pyridine rings is 1. The van der Waals surface area contributed by atoms with Crippen molar-refractivity contribution in [3.8, 4) is 0 Å². The molecule has 0 fully saturated rings. The Labute approximate surface area is 107 Å². The summed E-state index contributed by atoms with van der Waals surface area (Å²) in [7, 11) is 3.93. The van der Waals surface area contributed by atoms with Gasteiger partial charge in [-0.25, -0.2) is 4.98 Å². The predicted molar refractivity (Wildman–Crippen MR) is 72.2 cm³/mol. The van der Waals surface area contributed by atoms with Crippen molar-refractivity contribution >= 4 is 5.82 Å². The van der Waals surface area contributed by atoms with E-state index >= 15 is 0 Å². The standard InChI is InChI=1S/C13H19N5/c1-10(14)12-5-4-6-15-13(12)17(2)8-11-7-16-18(3)9-11/h4-7,9-10H,8,14H2,1-3H3/t10-/m1/s1. The third kappa shape index (κ3) is 2.68. The van der Waals surface area contributed by atoms with E-state index < -0.39 is 0 Å². The van der Waals surface area contributed by atoms with E-state index in [2.05, 4.69) is 15.0 Å². The molecule has 2 N–H and O–H groups in total. The molecule has 0 aliphatic carbocycles. The lowest BCUT2D eigenvalue weighted by atomic mass is 10.1. The molecule has 96 valence electrons. The number of nitrogens with two attached hydrogens (primary N) is 1. The third-order valence-corrected chi connectivity index (χ3v) is 2.85. The fourth-order valence-electron chi connectivity index (χ4n) is 1.99. The van der Waals surface area contributed by atoms with E-state index in [9.17, 15) is 0 Å². The Kier molecular flexibility index (Phi) is 3.62. The zero-order chi connectivity index (χ0) is 13.1. The first-order valence-electron chi connectivity index (χ1n) is 5.97. The first-order chi connectivity index (χ1) is 8.58. The van der Waals surface area contributed by atoms with Gasteiger partial charge in [-0.3, -0.25) is 4.68 Å². The number of rotatable bonds is 4. The molecule has 2 rings (SSSR count). The summed E-state index contributed by atoms with van der Waals surface area (Å²) in [5.74, 6) is 0.927. The molecule has 5 nitrogen and oxygen atoms in total. The second-order valence-corrected chi connectivity index (χ2v) is 4.58. The van der Waals surface area contributed by atoms with Crippen LogP contribution in [0.1, 0.15) is 24.1 Å². The summed E-state index contributed by atoms with van der Waals surface area (Å²) in [6, 6.07) is 3.91. The molecule has 0 amide bonds. The molecule has 0 aliphatic rings. The van der Waals surface area contributed by atoms with Gasteiger partial charge in [0.25, 0.3) is 0 Å². The highest BCUT2D eigenvalue weighted by Crippen LogP contribution is 2.22. The van der Waals surface area contributed by atoms with Crippen LogP contribution in [0.4, 0.5) is 5.82 Å². The van der Waals surface area contributed by atoms with Crippen molar-refractivity contribution in [3.63, 3.8) is 0 Å². The van der Waals surface area contributed by atoms with Crippen LogP contribution in [-0.2, 0) is 13.6 Å². The summed E-state index contributed by atoms with van der Waals surface area (Å²) in [5.41, 5.74) is 8.18. The molecule has 0 bridgehead atoms. The normalized spacial score (nSPS) is 12.4. The molecule has 0 spiro atoms. The van der Waals surface area contributed by atoms with Gasteiger partial charge in [0.1, 0.15) is 5.82 Å². The summed E-state index contributed by atoms with van der Waals surface area (Å²) >= 11 is 0. The van der Waals surface area contributed by atoms with Gasteiger partial charge in [0, 0.05) is 50.2 Å². The van der Waals surface area contributed by atoms with E-state index in [1.165, 1.54) is 0 Å². The lowest BCUT2D eigenvalue weighted by Crippen LogP contribution is -2.21. The van der Waals surface area contributed by atoms with E-state index in [1.54, 1.807) is 10.9 Å². The number of aromatic nitrogens is 3. The third-order valence-electron chi connectivity index (χ3n) is 2.85. The molecule has 0 aliphatic heterocycles. The van der Waals surface area contributed by atoms with Gasteiger partial charge in [0.05, 0.1) is 6.20 Å². The van der Waals surface area contributed by atoms with Crippen LogP contribution in [0.5, 0.6) is 0 Å². The molecule has 0 saturated carbocycles. The minimum Gasteiger partial charge on any atom is -0.355 e. The van der Waals surface area contributed by atoms with Crippen LogP contribution in [0.3, 0.4) is 0 Å². The Morgan fingerprint density at radius 2 is 2.28 bits per heavy atom. The molecular weight excluding hydrogens is 226 g/mol. The van der Waals surface area contributed by atoms with E-state index in [0.29, 0.717) is 0 Å². The average Bonchev–Trinajstić information content (AvgIpc) is 2.74. The van der Waals surface area contributed by atoms with Crippen LogP contribution in [0.15, 0.2) is 30.7 Å². The maximum atomic E-state index is 5.97. The molecule has 0 radical (unpaired) electrons. The van der Waals surface area contributed by atoms with Gasteiger partial charge in [-0.2, -0.15) is 5.10 Å². The minimum absolute atomic E-state index is 0.0231. The van der Waals surface area contributed by atoms with Crippen LogP contribution in [0.25, 0.3) is 0 Å². The Balaban J connectivity index is 2.20. The van der Waals surface area contributed by atoms with Gasteiger partial charge >= 0.3 is 0 Å². The van der Waals surface area contributed by atoms with Crippen molar-refractivity contribution in [2.24, 2.45) is 12.8 Å². The average molecular weight is 245 g/mol. The van der Waals surface area contributed by atoms with Gasteiger partial charge in [-0.1, -0.05) is 6.07 Å². The van der Waals surface area contributed by atoms with Crippen LogP contribution in [0.2, 0.25) is 0 Å². The first-order valence-corrected chi connectivity index (χ1v) is 5.97. The largest absolute Gasteiger partial charge is 0.355 e. The van der Waals surface area contributed by atoms with E-state index in [4.69, 9.17) is 5.73 Å². The molecular formula is C13H19N5. The number of aryl methyl sites for hydroxylation is 1.